The Balaban J connectivity index is 0.000000211. The van der Waals surface area contributed by atoms with Gasteiger partial charge in [0, 0.05) is 48.1 Å². The Kier molecular flexibility index (Phi) is 18.7. The van der Waals surface area contributed by atoms with Gasteiger partial charge in [0.25, 0.3) is 0 Å². The normalized spacial score (nSPS) is 17.3. The lowest BCUT2D eigenvalue weighted by Crippen LogP contribution is -2.43. The van der Waals surface area contributed by atoms with Crippen LogP contribution in [0.25, 0.3) is 56.9 Å². The minimum atomic E-state index is -1.20. The van der Waals surface area contributed by atoms with E-state index in [1.807, 2.05) is 45.9 Å². The number of ether oxygens (including phenoxy) is 3. The van der Waals surface area contributed by atoms with Crippen LogP contribution in [-0.2, 0) is 44.7 Å². The lowest BCUT2D eigenvalue weighted by molar-refractivity contribution is -0.290. The number of hydrogen-bond acceptors (Lipinski definition) is 12. The molecule has 6 aromatic rings. The van der Waals surface area contributed by atoms with Crippen LogP contribution in [-0.4, -0.2) is 88.5 Å². The lowest BCUT2D eigenvalue weighted by Gasteiger charge is -2.39. The highest BCUT2D eigenvalue weighted by Gasteiger charge is 2.34. The number of benzene rings is 2. The highest BCUT2D eigenvalue weighted by Crippen LogP contribution is 2.44. The summed E-state index contributed by atoms with van der Waals surface area (Å²) in [6, 6.07) is 19.8. The molecule has 14 nitrogen and oxygen atoms in total. The Morgan fingerprint density at radius 1 is 0.713 bits per heavy atom. The highest BCUT2D eigenvalue weighted by atomic mass is 19.1. The van der Waals surface area contributed by atoms with Crippen LogP contribution < -0.4 is 4.74 Å². The van der Waals surface area contributed by atoms with Crippen molar-refractivity contribution < 1.29 is 57.8 Å². The van der Waals surface area contributed by atoms with Gasteiger partial charge in [-0.1, -0.05) is 83.2 Å². The number of aliphatic hydroxyl groups excluding tert-OH is 2. The van der Waals surface area contributed by atoms with Crippen LogP contribution in [0.3, 0.4) is 0 Å². The van der Waals surface area contributed by atoms with Crippen molar-refractivity contribution in [3.05, 3.63) is 147 Å². The predicted molar refractivity (Wildman–Crippen MR) is 302 cm³/mol. The fraction of sp³-hybridized carbons (Fsp3) is 0.391. The zero-order chi connectivity index (χ0) is 57.6. The number of carboxylic acid groups (broad SMARTS) is 2. The highest BCUT2D eigenvalue weighted by molar-refractivity contribution is 5.89. The lowest BCUT2D eigenvalue weighted by atomic mass is 9.86. The maximum atomic E-state index is 14.1. The van der Waals surface area contributed by atoms with Gasteiger partial charge in [0.15, 0.2) is 5.79 Å². The Hall–Kier alpha value is -7.37. The van der Waals surface area contributed by atoms with E-state index in [-0.39, 0.29) is 47.8 Å². The Bertz CT molecular complexity index is 3320. The third kappa shape index (κ3) is 14.0. The van der Waals surface area contributed by atoms with Gasteiger partial charge in [0.05, 0.1) is 65.0 Å². The van der Waals surface area contributed by atoms with Gasteiger partial charge < -0.3 is 34.6 Å². The molecule has 2 aromatic carbocycles. The molecule has 4 N–H and O–H groups in total. The van der Waals surface area contributed by atoms with Crippen molar-refractivity contribution in [2.45, 2.75) is 162 Å². The van der Waals surface area contributed by atoms with Gasteiger partial charge in [-0.15, -0.1) is 0 Å². The molecule has 16 heteroatoms. The van der Waals surface area contributed by atoms with E-state index < -0.39 is 42.3 Å². The molecule has 5 heterocycles. The topological polar surface area (TPSA) is 211 Å². The molecule has 1 aliphatic heterocycles. The van der Waals surface area contributed by atoms with E-state index >= 15 is 0 Å². The molecule has 1 saturated heterocycles. The first-order chi connectivity index (χ1) is 38.1. The molecule has 0 saturated carbocycles. The zero-order valence-electron chi connectivity index (χ0n) is 46.6. The van der Waals surface area contributed by atoms with E-state index in [1.165, 1.54) is 43.3 Å². The van der Waals surface area contributed by atoms with Crippen molar-refractivity contribution in [1.29, 1.82) is 0 Å². The minimum Gasteiger partial charge on any atom is -0.481 e. The number of carbonyl (C=O) groups excluding carboxylic acids is 1. The number of esters is 1. The molecule has 4 atom stereocenters. The molecule has 0 amide bonds. The number of carbonyl (C=O) groups is 3. The van der Waals surface area contributed by atoms with Crippen molar-refractivity contribution in [2.24, 2.45) is 0 Å². The number of halogens is 2. The molecular formula is C64H70F2N4O10. The first kappa shape index (κ1) is 58.8. The quantitative estimate of drug-likeness (QED) is 0.0705. The van der Waals surface area contributed by atoms with Crippen LogP contribution in [0, 0.1) is 11.6 Å². The van der Waals surface area contributed by atoms with E-state index in [9.17, 15) is 38.5 Å². The molecule has 4 aromatic heterocycles. The number of aromatic nitrogens is 4. The first-order valence-electron chi connectivity index (χ1n) is 27.5. The number of hydrogen-bond donors (Lipinski definition) is 4. The van der Waals surface area contributed by atoms with Crippen molar-refractivity contribution in [2.75, 3.05) is 0 Å². The van der Waals surface area contributed by atoms with Crippen molar-refractivity contribution in [3.8, 4) is 50.6 Å². The van der Waals surface area contributed by atoms with Crippen LogP contribution in [0.2, 0.25) is 0 Å². The molecule has 3 aliphatic rings. The molecule has 1 fully saturated rings. The van der Waals surface area contributed by atoms with Crippen molar-refractivity contribution in [1.82, 2.24) is 19.9 Å². The largest absolute Gasteiger partial charge is 0.481 e. The summed E-state index contributed by atoms with van der Waals surface area (Å²) in [6.07, 6.45) is 10.6. The average Bonchev–Trinajstić information content (AvgIpc) is 3.89. The minimum absolute atomic E-state index is 0.0290. The summed E-state index contributed by atoms with van der Waals surface area (Å²) < 4.78 is 45.6. The summed E-state index contributed by atoms with van der Waals surface area (Å²) >= 11 is 0. The number of aliphatic carboxylic acids is 1. The number of aromatic carboxylic acids is 1. The van der Waals surface area contributed by atoms with Gasteiger partial charge >= 0.3 is 17.9 Å². The van der Waals surface area contributed by atoms with Crippen LogP contribution in [0.1, 0.15) is 161 Å². The number of nitrogens with zero attached hydrogens (tertiary/aromatic N) is 4. The number of rotatable bonds is 15. The summed E-state index contributed by atoms with van der Waals surface area (Å²) in [5.74, 6) is -3.60. The maximum absolute atomic E-state index is 14.1. The van der Waals surface area contributed by atoms with Gasteiger partial charge in [-0.2, -0.15) is 0 Å². The molecular weight excluding hydrogens is 1020 g/mol. The Labute approximate surface area is 465 Å². The van der Waals surface area contributed by atoms with Crippen LogP contribution in [0.4, 0.5) is 8.78 Å². The van der Waals surface area contributed by atoms with E-state index in [0.717, 1.165) is 111 Å². The third-order valence-corrected chi connectivity index (χ3v) is 14.4. The van der Waals surface area contributed by atoms with Crippen LogP contribution in [0.15, 0.2) is 84.9 Å². The standard InChI is InChI=1S/C34H39FN2O4.C30H31FN2O6/c1-7-24-19-25(41-34(5,6)40-24)15-16-28-31(22-11-13-23(35)14-12-22)27-9-8-10-29-26(33(27)37-32(28)20(2)3)17-18-30(36-29)39-21(4)38;1-16(2)28-23(11-10-19(34)14-20(35)15-26(36)37)27(17-6-8-18(31)9-7-17)22-4-3-5-24-21(29(22)33-28)12-13-25(32-24)30(38)39/h11-18,20,24-25H,7-10,19H2,1-6H3;6-13,16,19-20,34-35H,3-5,14-15H2,1-2H3,(H,36,37)(H,38,39)/b16-15+;11-10+/t24-,25+;19-,20-/m01/s1. The molecule has 0 spiro atoms. The summed E-state index contributed by atoms with van der Waals surface area (Å²) in [5, 5.41) is 38.8. The number of pyridine rings is 4. The molecule has 2 aliphatic carbocycles. The van der Waals surface area contributed by atoms with Crippen molar-refractivity contribution >= 4 is 30.1 Å². The molecule has 80 heavy (non-hydrogen) atoms. The van der Waals surface area contributed by atoms with E-state index in [1.54, 1.807) is 30.3 Å². The summed E-state index contributed by atoms with van der Waals surface area (Å²) in [7, 11) is 0. The second-order valence-electron chi connectivity index (χ2n) is 21.7. The molecule has 0 radical (unpaired) electrons. The van der Waals surface area contributed by atoms with Crippen molar-refractivity contribution in [3.63, 3.8) is 0 Å². The molecule has 9 rings (SSSR count). The van der Waals surface area contributed by atoms with Gasteiger partial charge in [-0.3, -0.25) is 19.6 Å². The summed E-state index contributed by atoms with van der Waals surface area (Å²) in [4.78, 5) is 53.4. The maximum Gasteiger partial charge on any atom is 0.354 e. The molecule has 420 valence electrons. The third-order valence-electron chi connectivity index (χ3n) is 14.4. The van der Waals surface area contributed by atoms with Crippen LogP contribution >= 0.6 is 0 Å². The fourth-order valence-corrected chi connectivity index (χ4v) is 10.9. The van der Waals surface area contributed by atoms with Crippen LogP contribution in [0.5, 0.6) is 5.88 Å². The monoisotopic (exact) mass is 1090 g/mol. The number of carboxylic acids is 2. The smallest absolute Gasteiger partial charge is 0.354 e. The number of aliphatic hydroxyl groups is 2. The summed E-state index contributed by atoms with van der Waals surface area (Å²) in [5.41, 5.74) is 13.8. The van der Waals surface area contributed by atoms with E-state index in [4.69, 9.17) is 29.3 Å². The fourth-order valence-electron chi connectivity index (χ4n) is 10.9. The Morgan fingerprint density at radius 3 is 1.74 bits per heavy atom. The second-order valence-corrected chi connectivity index (χ2v) is 21.7. The van der Waals surface area contributed by atoms with Gasteiger partial charge in [-0.25, -0.2) is 23.5 Å². The predicted octanol–water partition coefficient (Wildman–Crippen LogP) is 12.7. The zero-order valence-corrected chi connectivity index (χ0v) is 46.6. The van der Waals surface area contributed by atoms with Gasteiger partial charge in [0.2, 0.25) is 5.88 Å². The van der Waals surface area contributed by atoms with E-state index in [2.05, 4.69) is 42.9 Å². The molecule has 0 unspecified atom stereocenters. The average molecular weight is 1090 g/mol. The van der Waals surface area contributed by atoms with E-state index in [0.29, 0.717) is 36.5 Å². The SMILES string of the molecule is CC(C)c1nc2c(c(-c3ccc(F)cc3)c1/C=C/[C@@H](O)C[C@@H](O)CC(=O)O)CCCc1nc(C(=O)O)ccc1-2.CC[C@H]1C[C@@H](/C=C/c2c(C(C)C)nc3c(c2-c2ccc(F)cc2)CCCc2nc(OC(C)=O)ccc2-3)OC(C)(C)O1. The second kappa shape index (κ2) is 25.4. The summed E-state index contributed by atoms with van der Waals surface area (Å²) in [6.45, 7) is 15.7. The Morgan fingerprint density at radius 2 is 1.24 bits per heavy atom. The molecule has 0 bridgehead atoms. The van der Waals surface area contributed by atoms with Gasteiger partial charge in [-0.05, 0) is 146 Å². The number of fused-ring (bicyclic) bond motifs is 6. The first-order valence-corrected chi connectivity index (χ1v) is 27.5. The van der Waals surface area contributed by atoms with Gasteiger partial charge in [0.1, 0.15) is 17.3 Å². The number of aryl methyl sites for hydroxylation is 2.